The largest absolute Gasteiger partial charge is 0.175 e. The van der Waals surface area contributed by atoms with Gasteiger partial charge in [-0.1, -0.05) is 51.1 Å². The molecule has 0 amide bonds. The summed E-state index contributed by atoms with van der Waals surface area (Å²) in [5.41, 5.74) is 2.28. The Balaban J connectivity index is 2.92. The van der Waals surface area contributed by atoms with Crippen molar-refractivity contribution in [2.24, 2.45) is 5.41 Å². The van der Waals surface area contributed by atoms with Crippen LogP contribution < -0.4 is 0 Å². The van der Waals surface area contributed by atoms with E-state index in [1.54, 1.807) is 0 Å². The summed E-state index contributed by atoms with van der Waals surface area (Å²) in [6.07, 6.45) is 0. The predicted octanol–water partition coefficient (Wildman–Crippen LogP) is 3.10. The SMILES string of the molecule is CC(C)(C)C([SiH2]Cl)c1ccccc1. The molecular formula is C11H17ClSi. The van der Waals surface area contributed by atoms with Gasteiger partial charge in [0, 0.05) is 0 Å². The Bertz CT molecular complexity index is 251. The molecule has 0 aliphatic rings. The molecule has 0 bridgehead atoms. The first-order chi connectivity index (χ1) is 6.05. The van der Waals surface area contributed by atoms with Crippen LogP contribution in [0.25, 0.3) is 0 Å². The quantitative estimate of drug-likeness (QED) is 0.522. The lowest BCUT2D eigenvalue weighted by atomic mass is 9.87. The Labute approximate surface area is 87.8 Å². The van der Waals surface area contributed by atoms with Crippen LogP contribution in [0.2, 0.25) is 0 Å². The first kappa shape index (κ1) is 10.8. The van der Waals surface area contributed by atoms with Gasteiger partial charge in [0.2, 0.25) is 0 Å². The second-order valence-electron chi connectivity index (χ2n) is 4.48. The van der Waals surface area contributed by atoms with Gasteiger partial charge in [-0.3, -0.25) is 0 Å². The second kappa shape index (κ2) is 4.29. The zero-order valence-electron chi connectivity index (χ0n) is 8.55. The summed E-state index contributed by atoms with van der Waals surface area (Å²) >= 11 is 6.13. The fourth-order valence-corrected chi connectivity index (χ4v) is 4.34. The highest BCUT2D eigenvalue weighted by atomic mass is 35.6. The molecule has 1 atom stereocenters. The van der Waals surface area contributed by atoms with Gasteiger partial charge in [-0.15, -0.1) is 0 Å². The number of rotatable bonds is 2. The van der Waals surface area contributed by atoms with Crippen molar-refractivity contribution in [3.8, 4) is 0 Å². The fraction of sp³-hybridized carbons (Fsp3) is 0.455. The van der Waals surface area contributed by atoms with Gasteiger partial charge in [-0.25, -0.2) is 0 Å². The van der Waals surface area contributed by atoms with E-state index in [-0.39, 0.29) is 0 Å². The van der Waals surface area contributed by atoms with E-state index in [0.717, 1.165) is 0 Å². The molecule has 1 aromatic carbocycles. The van der Waals surface area contributed by atoms with Crippen molar-refractivity contribution in [1.82, 2.24) is 0 Å². The van der Waals surface area contributed by atoms with Gasteiger partial charge in [0.1, 0.15) is 8.83 Å². The topological polar surface area (TPSA) is 0 Å². The van der Waals surface area contributed by atoms with Gasteiger partial charge in [0.15, 0.2) is 0 Å². The molecule has 0 aromatic heterocycles. The van der Waals surface area contributed by atoms with Crippen molar-refractivity contribution in [1.29, 1.82) is 0 Å². The summed E-state index contributed by atoms with van der Waals surface area (Å²) in [5, 5.41) is 0. The Morgan fingerprint density at radius 1 is 1.15 bits per heavy atom. The van der Waals surface area contributed by atoms with Crippen molar-refractivity contribution in [3.05, 3.63) is 35.9 Å². The molecule has 0 radical (unpaired) electrons. The van der Waals surface area contributed by atoms with E-state index < -0.39 is 8.83 Å². The average Bonchev–Trinajstić information content (AvgIpc) is 2.05. The first-order valence-corrected chi connectivity index (χ1v) is 7.62. The average molecular weight is 213 g/mol. The maximum absolute atomic E-state index is 6.13. The molecule has 0 nitrogen and oxygen atoms in total. The summed E-state index contributed by atoms with van der Waals surface area (Å²) in [7, 11) is -0.502. The Kier molecular flexibility index (Phi) is 3.57. The molecule has 0 heterocycles. The fourth-order valence-electron chi connectivity index (χ4n) is 1.51. The molecule has 0 aliphatic heterocycles. The molecule has 72 valence electrons. The smallest absolute Gasteiger partial charge is 0.133 e. The Hall–Kier alpha value is -0.273. The van der Waals surface area contributed by atoms with Crippen LogP contribution >= 0.6 is 11.1 Å². The lowest BCUT2D eigenvalue weighted by Crippen LogP contribution is -2.21. The molecule has 0 fully saturated rings. The van der Waals surface area contributed by atoms with Gasteiger partial charge in [-0.05, 0) is 16.5 Å². The van der Waals surface area contributed by atoms with Gasteiger partial charge >= 0.3 is 0 Å². The summed E-state index contributed by atoms with van der Waals surface area (Å²) in [6.45, 7) is 6.79. The standard InChI is InChI=1S/C11H17ClSi/c1-11(2,3)10(13-12)9-7-5-4-6-8-9/h4-8,10H,13H2,1-3H3. The molecule has 0 spiro atoms. The normalized spacial score (nSPS) is 15.1. The van der Waals surface area contributed by atoms with Crippen LogP contribution in [0.5, 0.6) is 0 Å². The second-order valence-corrected chi connectivity index (χ2v) is 6.53. The van der Waals surface area contributed by atoms with Crippen LogP contribution in [-0.4, -0.2) is 8.83 Å². The molecule has 0 aliphatic carbocycles. The van der Waals surface area contributed by atoms with Crippen LogP contribution in [0.4, 0.5) is 0 Å². The third-order valence-corrected chi connectivity index (χ3v) is 5.33. The molecule has 1 rings (SSSR count). The Morgan fingerprint density at radius 2 is 1.69 bits per heavy atom. The van der Waals surface area contributed by atoms with Crippen LogP contribution in [0.15, 0.2) is 30.3 Å². The lowest BCUT2D eigenvalue weighted by Gasteiger charge is -2.29. The summed E-state index contributed by atoms with van der Waals surface area (Å²) < 4.78 is 0. The molecule has 2 heteroatoms. The van der Waals surface area contributed by atoms with Gasteiger partial charge in [0.05, 0.1) is 0 Å². The molecule has 13 heavy (non-hydrogen) atoms. The number of benzene rings is 1. The van der Waals surface area contributed by atoms with Crippen molar-refractivity contribution in [2.75, 3.05) is 0 Å². The van der Waals surface area contributed by atoms with Crippen LogP contribution in [0.3, 0.4) is 0 Å². The van der Waals surface area contributed by atoms with E-state index in [1.165, 1.54) is 5.56 Å². The minimum atomic E-state index is -0.502. The molecule has 0 saturated heterocycles. The highest BCUT2D eigenvalue weighted by Crippen LogP contribution is 2.34. The monoisotopic (exact) mass is 212 g/mol. The number of hydrogen-bond acceptors (Lipinski definition) is 0. The molecule has 0 N–H and O–H groups in total. The van der Waals surface area contributed by atoms with E-state index in [0.29, 0.717) is 11.0 Å². The van der Waals surface area contributed by atoms with Crippen molar-refractivity contribution < 1.29 is 0 Å². The van der Waals surface area contributed by atoms with E-state index in [1.807, 2.05) is 0 Å². The van der Waals surface area contributed by atoms with Crippen LogP contribution in [0.1, 0.15) is 31.9 Å². The van der Waals surface area contributed by atoms with E-state index >= 15 is 0 Å². The maximum Gasteiger partial charge on any atom is 0.133 e. The van der Waals surface area contributed by atoms with Crippen LogP contribution in [0, 0.1) is 5.41 Å². The predicted molar refractivity (Wildman–Crippen MR) is 63.0 cm³/mol. The molecule has 1 aromatic rings. The summed E-state index contributed by atoms with van der Waals surface area (Å²) in [6, 6.07) is 10.6. The first-order valence-electron chi connectivity index (χ1n) is 4.66. The number of hydrogen-bond donors (Lipinski definition) is 0. The highest BCUT2D eigenvalue weighted by molar-refractivity contribution is 6.94. The van der Waals surface area contributed by atoms with E-state index in [4.69, 9.17) is 11.1 Å². The molecule has 1 unspecified atom stereocenters. The van der Waals surface area contributed by atoms with Gasteiger partial charge in [0.25, 0.3) is 0 Å². The molecular weight excluding hydrogens is 196 g/mol. The van der Waals surface area contributed by atoms with Crippen molar-refractivity contribution in [2.45, 2.75) is 26.3 Å². The summed E-state index contributed by atoms with van der Waals surface area (Å²) in [4.78, 5) is 0. The van der Waals surface area contributed by atoms with Gasteiger partial charge in [-0.2, -0.15) is 11.1 Å². The number of halogens is 1. The zero-order chi connectivity index (χ0) is 9.90. The highest BCUT2D eigenvalue weighted by Gasteiger charge is 2.25. The Morgan fingerprint density at radius 3 is 2.08 bits per heavy atom. The summed E-state index contributed by atoms with van der Waals surface area (Å²) in [5.74, 6) is 0. The maximum atomic E-state index is 6.13. The molecule has 0 saturated carbocycles. The van der Waals surface area contributed by atoms with Crippen molar-refractivity contribution >= 4 is 19.9 Å². The van der Waals surface area contributed by atoms with E-state index in [9.17, 15) is 0 Å². The van der Waals surface area contributed by atoms with Gasteiger partial charge < -0.3 is 0 Å². The third-order valence-electron chi connectivity index (χ3n) is 2.40. The third kappa shape index (κ3) is 2.85. The lowest BCUT2D eigenvalue weighted by molar-refractivity contribution is 0.394. The van der Waals surface area contributed by atoms with E-state index in [2.05, 4.69) is 51.1 Å². The van der Waals surface area contributed by atoms with Crippen molar-refractivity contribution in [3.63, 3.8) is 0 Å². The zero-order valence-corrected chi connectivity index (χ0v) is 10.7. The van der Waals surface area contributed by atoms with Crippen LogP contribution in [-0.2, 0) is 0 Å². The minimum absolute atomic E-state index is 0.301. The minimum Gasteiger partial charge on any atom is -0.175 e.